The average molecular weight is 263 g/mol. The molecule has 0 fully saturated rings. The molecule has 0 spiro atoms. The molecule has 1 heterocycles. The number of H-pyrrole nitrogens is 1. The summed E-state index contributed by atoms with van der Waals surface area (Å²) in [5, 5.41) is 27.0. The topological polar surface area (TPSA) is 72.4 Å². The van der Waals surface area contributed by atoms with Crippen LogP contribution in [0.1, 0.15) is 25.0 Å². The van der Waals surface area contributed by atoms with Crippen LogP contribution < -0.4 is 0 Å². The van der Waals surface area contributed by atoms with Crippen molar-refractivity contribution < 1.29 is 10.2 Å². The van der Waals surface area contributed by atoms with Gasteiger partial charge in [-0.15, -0.1) is 0 Å². The number of rotatable bonds is 7. The summed E-state index contributed by atoms with van der Waals surface area (Å²) in [4.78, 5) is 2.12. The molecule has 0 bridgehead atoms. The number of aromatic nitrogens is 2. The Bertz CT molecular complexity index is 512. The number of likely N-dealkylation sites (N-methyl/N-ethyl adjacent to an activating group) is 1. The molecule has 0 saturated carbocycles. The van der Waals surface area contributed by atoms with Gasteiger partial charge in [0.1, 0.15) is 0 Å². The minimum absolute atomic E-state index is 0.158. The highest BCUT2D eigenvalue weighted by molar-refractivity contribution is 5.78. The Balaban J connectivity index is 1.96. The third-order valence-electron chi connectivity index (χ3n) is 3.43. The van der Waals surface area contributed by atoms with E-state index in [2.05, 4.69) is 22.0 Å². The molecular weight excluding hydrogens is 242 g/mol. The zero-order valence-corrected chi connectivity index (χ0v) is 11.2. The van der Waals surface area contributed by atoms with E-state index in [-0.39, 0.29) is 6.61 Å². The van der Waals surface area contributed by atoms with E-state index in [4.69, 9.17) is 5.11 Å². The first-order valence-electron chi connectivity index (χ1n) is 6.69. The zero-order valence-electron chi connectivity index (χ0n) is 11.2. The second-order valence-corrected chi connectivity index (χ2v) is 4.68. The van der Waals surface area contributed by atoms with Crippen LogP contribution in [0, 0.1) is 0 Å². The third-order valence-corrected chi connectivity index (χ3v) is 3.43. The third kappa shape index (κ3) is 3.53. The summed E-state index contributed by atoms with van der Waals surface area (Å²) in [7, 11) is 0. The second-order valence-electron chi connectivity index (χ2n) is 4.68. The maximum absolute atomic E-state index is 10.2. The summed E-state index contributed by atoms with van der Waals surface area (Å²) in [6.07, 6.45) is 1.94. The maximum Gasteiger partial charge on any atom is 0.0802 e. The number of aliphatic hydroxyl groups excluding tert-OH is 2. The second kappa shape index (κ2) is 6.65. The lowest BCUT2D eigenvalue weighted by atomic mass is 10.0. The Hall–Kier alpha value is -1.43. The molecule has 1 unspecified atom stereocenters. The molecule has 1 aromatic carbocycles. The van der Waals surface area contributed by atoms with E-state index in [0.29, 0.717) is 13.0 Å². The minimum Gasteiger partial charge on any atom is -0.395 e. The molecule has 0 radical (unpaired) electrons. The molecule has 0 aliphatic heterocycles. The summed E-state index contributed by atoms with van der Waals surface area (Å²) < 4.78 is 0. The Kier molecular flexibility index (Phi) is 4.90. The van der Waals surface area contributed by atoms with E-state index in [9.17, 15) is 5.11 Å². The first-order chi connectivity index (χ1) is 9.24. The zero-order chi connectivity index (χ0) is 13.7. The van der Waals surface area contributed by atoms with Crippen molar-refractivity contribution in [3.63, 3.8) is 0 Å². The lowest BCUT2D eigenvalue weighted by Crippen LogP contribution is -2.28. The van der Waals surface area contributed by atoms with Crippen molar-refractivity contribution in [2.45, 2.75) is 19.4 Å². The lowest BCUT2D eigenvalue weighted by Gasteiger charge is -2.21. The fourth-order valence-electron chi connectivity index (χ4n) is 2.21. The highest BCUT2D eigenvalue weighted by Gasteiger charge is 2.11. The van der Waals surface area contributed by atoms with Crippen molar-refractivity contribution in [2.75, 3.05) is 26.2 Å². The van der Waals surface area contributed by atoms with Gasteiger partial charge in [0.15, 0.2) is 0 Å². The molecule has 5 heteroatoms. The van der Waals surface area contributed by atoms with Crippen LogP contribution >= 0.6 is 0 Å². The molecule has 3 N–H and O–H groups in total. The molecule has 1 aromatic heterocycles. The lowest BCUT2D eigenvalue weighted by molar-refractivity contribution is 0.133. The van der Waals surface area contributed by atoms with Gasteiger partial charge in [0.2, 0.25) is 0 Å². The van der Waals surface area contributed by atoms with Gasteiger partial charge in [-0.3, -0.25) is 5.10 Å². The van der Waals surface area contributed by atoms with Crippen LogP contribution in [-0.2, 0) is 0 Å². The van der Waals surface area contributed by atoms with Crippen molar-refractivity contribution in [3.8, 4) is 0 Å². The van der Waals surface area contributed by atoms with Crippen molar-refractivity contribution in [1.29, 1.82) is 0 Å². The molecule has 104 valence electrons. The Labute approximate surface area is 112 Å². The van der Waals surface area contributed by atoms with Crippen LogP contribution in [0.5, 0.6) is 0 Å². The van der Waals surface area contributed by atoms with Gasteiger partial charge in [-0.25, -0.2) is 0 Å². The largest absolute Gasteiger partial charge is 0.395 e. The molecule has 5 nitrogen and oxygen atoms in total. The van der Waals surface area contributed by atoms with Crippen molar-refractivity contribution in [3.05, 3.63) is 30.0 Å². The molecule has 0 aliphatic carbocycles. The average Bonchev–Trinajstić information content (AvgIpc) is 2.90. The standard InChI is InChI=1S/C14H21N3O2/c1-2-17(7-8-18)6-5-14(19)11-3-4-13-12(9-11)10-15-16-13/h3-4,9-10,14,18-19H,2,5-8H2,1H3,(H,15,16). The number of benzene rings is 1. The summed E-state index contributed by atoms with van der Waals surface area (Å²) >= 11 is 0. The van der Waals surface area contributed by atoms with E-state index in [1.165, 1.54) is 0 Å². The Morgan fingerprint density at radius 2 is 2.21 bits per heavy atom. The highest BCUT2D eigenvalue weighted by Crippen LogP contribution is 2.21. The fourth-order valence-corrected chi connectivity index (χ4v) is 2.21. The summed E-state index contributed by atoms with van der Waals surface area (Å²) in [5.41, 5.74) is 1.89. The van der Waals surface area contributed by atoms with Crippen LogP contribution in [0.3, 0.4) is 0 Å². The molecule has 2 rings (SSSR count). The molecule has 0 amide bonds. The molecule has 19 heavy (non-hydrogen) atoms. The van der Waals surface area contributed by atoms with E-state index in [1.54, 1.807) is 6.20 Å². The van der Waals surface area contributed by atoms with Crippen molar-refractivity contribution in [1.82, 2.24) is 15.1 Å². The summed E-state index contributed by atoms with van der Waals surface area (Å²) in [6.45, 7) is 4.53. The van der Waals surface area contributed by atoms with E-state index in [0.717, 1.165) is 29.6 Å². The van der Waals surface area contributed by atoms with Gasteiger partial charge in [0.05, 0.1) is 24.4 Å². The summed E-state index contributed by atoms with van der Waals surface area (Å²) in [6, 6.07) is 5.82. The molecular formula is C14H21N3O2. The first kappa shape index (κ1) is 14.0. The molecule has 0 saturated heterocycles. The number of aromatic amines is 1. The smallest absolute Gasteiger partial charge is 0.0802 e. The van der Waals surface area contributed by atoms with Gasteiger partial charge in [-0.05, 0) is 30.7 Å². The molecule has 1 atom stereocenters. The number of fused-ring (bicyclic) bond motifs is 1. The predicted octanol–water partition coefficient (Wildman–Crippen LogP) is 1.30. The van der Waals surface area contributed by atoms with Crippen molar-refractivity contribution in [2.24, 2.45) is 0 Å². The van der Waals surface area contributed by atoms with Gasteiger partial charge in [0, 0.05) is 18.5 Å². The number of nitrogens with one attached hydrogen (secondary N) is 1. The monoisotopic (exact) mass is 263 g/mol. The van der Waals surface area contributed by atoms with Gasteiger partial charge >= 0.3 is 0 Å². The highest BCUT2D eigenvalue weighted by atomic mass is 16.3. The van der Waals surface area contributed by atoms with Crippen molar-refractivity contribution >= 4 is 10.9 Å². The van der Waals surface area contributed by atoms with Crippen LogP contribution in [0.15, 0.2) is 24.4 Å². The molecule has 0 aliphatic rings. The number of nitrogens with zero attached hydrogens (tertiary/aromatic N) is 2. The normalized spacial score (nSPS) is 13.3. The quantitative estimate of drug-likeness (QED) is 0.704. The minimum atomic E-state index is -0.480. The number of aliphatic hydroxyl groups is 2. The van der Waals surface area contributed by atoms with E-state index >= 15 is 0 Å². The van der Waals surface area contributed by atoms with Crippen LogP contribution in [0.4, 0.5) is 0 Å². The molecule has 2 aromatic rings. The van der Waals surface area contributed by atoms with E-state index < -0.39 is 6.10 Å². The maximum atomic E-state index is 10.2. The van der Waals surface area contributed by atoms with Crippen LogP contribution in [-0.4, -0.2) is 51.6 Å². The van der Waals surface area contributed by atoms with Gasteiger partial charge in [-0.2, -0.15) is 5.10 Å². The van der Waals surface area contributed by atoms with Gasteiger partial charge in [0.25, 0.3) is 0 Å². The number of hydrogen-bond donors (Lipinski definition) is 3. The van der Waals surface area contributed by atoms with Crippen LogP contribution in [0.25, 0.3) is 10.9 Å². The van der Waals surface area contributed by atoms with E-state index in [1.807, 2.05) is 18.2 Å². The van der Waals surface area contributed by atoms with Gasteiger partial charge < -0.3 is 15.1 Å². The predicted molar refractivity (Wildman–Crippen MR) is 74.9 cm³/mol. The van der Waals surface area contributed by atoms with Crippen LogP contribution in [0.2, 0.25) is 0 Å². The fraction of sp³-hybridized carbons (Fsp3) is 0.500. The number of hydrogen-bond acceptors (Lipinski definition) is 4. The first-order valence-corrected chi connectivity index (χ1v) is 6.69. The summed E-state index contributed by atoms with van der Waals surface area (Å²) in [5.74, 6) is 0. The Morgan fingerprint density at radius 1 is 1.37 bits per heavy atom. The SMILES string of the molecule is CCN(CCO)CCC(O)c1ccc2[nH]ncc2c1. The Morgan fingerprint density at radius 3 is 2.95 bits per heavy atom. The van der Waals surface area contributed by atoms with Gasteiger partial charge in [-0.1, -0.05) is 13.0 Å².